The van der Waals surface area contributed by atoms with Crippen molar-refractivity contribution in [3.8, 4) is 0 Å². The summed E-state index contributed by atoms with van der Waals surface area (Å²) in [6.07, 6.45) is 3.53. The Hall–Kier alpha value is -0.220. The molecule has 2 aliphatic rings. The highest BCUT2D eigenvalue weighted by Gasteiger charge is 2.36. The normalized spacial score (nSPS) is 36.9. The maximum Gasteiger partial charge on any atom is 0.346 e. The van der Waals surface area contributed by atoms with E-state index in [1.807, 2.05) is 0 Å². The Morgan fingerprint density at radius 3 is 2.78 bits per heavy atom. The largest absolute Gasteiger partial charge is 0.459 e. The van der Waals surface area contributed by atoms with Crippen LogP contribution in [0.3, 0.4) is 0 Å². The van der Waals surface area contributed by atoms with Gasteiger partial charge in [-0.25, -0.2) is 4.79 Å². The zero-order chi connectivity index (χ0) is 13.1. The summed E-state index contributed by atoms with van der Waals surface area (Å²) in [6.45, 7) is 7.36. The van der Waals surface area contributed by atoms with Crippen LogP contribution in [-0.2, 0) is 14.3 Å². The number of carbonyl (C=O) groups is 1. The lowest BCUT2D eigenvalue weighted by Gasteiger charge is -2.37. The number of hydrogen-bond acceptors (Lipinski definition) is 4. The molecule has 1 aliphatic heterocycles. The van der Waals surface area contributed by atoms with E-state index >= 15 is 0 Å². The van der Waals surface area contributed by atoms with Crippen molar-refractivity contribution in [1.82, 2.24) is 0 Å². The van der Waals surface area contributed by atoms with Gasteiger partial charge >= 0.3 is 5.97 Å². The summed E-state index contributed by atoms with van der Waals surface area (Å²) in [5, 5.41) is 0. The number of ether oxygens (including phenoxy) is 2. The van der Waals surface area contributed by atoms with Gasteiger partial charge in [-0.1, -0.05) is 27.2 Å². The van der Waals surface area contributed by atoms with Gasteiger partial charge in [0.2, 0.25) is 5.44 Å². The van der Waals surface area contributed by atoms with Gasteiger partial charge < -0.3 is 9.47 Å². The van der Waals surface area contributed by atoms with Crippen LogP contribution in [0.2, 0.25) is 0 Å². The molecule has 0 aromatic rings. The Kier molecular flexibility index (Phi) is 4.96. The molecule has 0 aromatic carbocycles. The molecule has 0 amide bonds. The highest BCUT2D eigenvalue weighted by molar-refractivity contribution is 8.00. The second-order valence-corrected chi connectivity index (χ2v) is 7.04. The fourth-order valence-corrected chi connectivity index (χ4v) is 3.74. The number of rotatable bonds is 3. The lowest BCUT2D eigenvalue weighted by molar-refractivity contribution is -0.162. The van der Waals surface area contributed by atoms with Crippen LogP contribution in [0.5, 0.6) is 0 Å². The fraction of sp³-hybridized carbons (Fsp3) is 0.929. The molecule has 1 aliphatic carbocycles. The Bertz CT molecular complexity index is 287. The van der Waals surface area contributed by atoms with Crippen LogP contribution in [0, 0.1) is 17.8 Å². The van der Waals surface area contributed by atoms with Gasteiger partial charge in [0.15, 0.2) is 0 Å². The average Bonchev–Trinajstić information content (AvgIpc) is 2.81. The van der Waals surface area contributed by atoms with Crippen molar-refractivity contribution in [3.63, 3.8) is 0 Å². The minimum atomic E-state index is -0.380. The van der Waals surface area contributed by atoms with Crippen molar-refractivity contribution in [2.45, 2.75) is 51.6 Å². The lowest BCUT2D eigenvalue weighted by atomic mass is 9.75. The number of carbonyl (C=O) groups excluding carboxylic acids is 1. The predicted octanol–water partition coefficient (Wildman–Crippen LogP) is 3.08. The van der Waals surface area contributed by atoms with Crippen LogP contribution in [0.15, 0.2) is 0 Å². The van der Waals surface area contributed by atoms with Crippen LogP contribution in [0.25, 0.3) is 0 Å². The second-order valence-electron chi connectivity index (χ2n) is 5.87. The highest BCUT2D eigenvalue weighted by Crippen LogP contribution is 2.36. The molecule has 1 saturated heterocycles. The third-order valence-electron chi connectivity index (χ3n) is 4.04. The summed E-state index contributed by atoms with van der Waals surface area (Å²) in [5.41, 5.74) is -0.380. The monoisotopic (exact) mass is 272 g/mol. The molecule has 0 bridgehead atoms. The SMILES string of the molecule is CC(C)[C@@H]1CC[C@@H](C)C[C@H]1OC(=O)[C@H]1OCCS1. The van der Waals surface area contributed by atoms with Gasteiger partial charge in [0.1, 0.15) is 6.10 Å². The smallest absolute Gasteiger partial charge is 0.346 e. The number of thioether (sulfide) groups is 1. The van der Waals surface area contributed by atoms with E-state index in [-0.39, 0.29) is 17.5 Å². The quantitative estimate of drug-likeness (QED) is 0.740. The zero-order valence-electron chi connectivity index (χ0n) is 11.6. The molecule has 0 radical (unpaired) electrons. The molecular weight excluding hydrogens is 248 g/mol. The van der Waals surface area contributed by atoms with Crippen molar-refractivity contribution >= 4 is 17.7 Å². The van der Waals surface area contributed by atoms with Gasteiger partial charge in [-0.05, 0) is 30.6 Å². The summed E-state index contributed by atoms with van der Waals surface area (Å²) in [7, 11) is 0. The summed E-state index contributed by atoms with van der Waals surface area (Å²) in [4.78, 5) is 12.0. The van der Waals surface area contributed by atoms with E-state index in [2.05, 4.69) is 20.8 Å². The summed E-state index contributed by atoms with van der Waals surface area (Å²) in [5.74, 6) is 2.48. The highest BCUT2D eigenvalue weighted by atomic mass is 32.2. The van der Waals surface area contributed by atoms with E-state index in [0.29, 0.717) is 24.4 Å². The molecule has 0 unspecified atom stereocenters. The first-order valence-corrected chi connectivity index (χ1v) is 8.06. The van der Waals surface area contributed by atoms with Gasteiger partial charge in [0.05, 0.1) is 6.61 Å². The summed E-state index contributed by atoms with van der Waals surface area (Å²) < 4.78 is 11.1. The van der Waals surface area contributed by atoms with Gasteiger partial charge in [-0.15, -0.1) is 11.8 Å². The maximum absolute atomic E-state index is 12.0. The lowest BCUT2D eigenvalue weighted by Crippen LogP contribution is -2.37. The molecule has 2 rings (SSSR count). The van der Waals surface area contributed by atoms with Crippen molar-refractivity contribution in [2.24, 2.45) is 17.8 Å². The van der Waals surface area contributed by atoms with Crippen LogP contribution < -0.4 is 0 Å². The maximum atomic E-state index is 12.0. The van der Waals surface area contributed by atoms with E-state index in [9.17, 15) is 4.79 Å². The second kappa shape index (κ2) is 6.29. The van der Waals surface area contributed by atoms with Gasteiger partial charge in [-0.2, -0.15) is 0 Å². The van der Waals surface area contributed by atoms with E-state index in [4.69, 9.17) is 9.47 Å². The van der Waals surface area contributed by atoms with Crippen LogP contribution in [0.4, 0.5) is 0 Å². The number of hydrogen-bond donors (Lipinski definition) is 0. The molecule has 2 fully saturated rings. The molecule has 0 spiro atoms. The van der Waals surface area contributed by atoms with Crippen molar-refractivity contribution in [3.05, 3.63) is 0 Å². The minimum Gasteiger partial charge on any atom is -0.459 e. The third kappa shape index (κ3) is 3.41. The average molecular weight is 272 g/mol. The molecular formula is C14H24O3S. The molecule has 4 atom stereocenters. The van der Waals surface area contributed by atoms with E-state index < -0.39 is 0 Å². The molecule has 1 saturated carbocycles. The first-order chi connectivity index (χ1) is 8.58. The Morgan fingerprint density at radius 2 is 2.17 bits per heavy atom. The molecule has 0 N–H and O–H groups in total. The van der Waals surface area contributed by atoms with Gasteiger partial charge in [-0.3, -0.25) is 0 Å². The fourth-order valence-electron chi connectivity index (χ4n) is 2.95. The topological polar surface area (TPSA) is 35.5 Å². The van der Waals surface area contributed by atoms with E-state index in [1.165, 1.54) is 12.8 Å². The first kappa shape index (κ1) is 14.2. The predicted molar refractivity (Wildman–Crippen MR) is 73.4 cm³/mol. The van der Waals surface area contributed by atoms with E-state index in [0.717, 1.165) is 12.2 Å². The Labute approximate surface area is 114 Å². The van der Waals surface area contributed by atoms with E-state index in [1.54, 1.807) is 11.8 Å². The molecule has 4 heteroatoms. The minimum absolute atomic E-state index is 0.0889. The van der Waals surface area contributed by atoms with Crippen molar-refractivity contribution in [2.75, 3.05) is 12.4 Å². The molecule has 1 heterocycles. The summed E-state index contributed by atoms with van der Waals surface area (Å²) in [6, 6.07) is 0. The standard InChI is InChI=1S/C14H24O3S/c1-9(2)11-5-4-10(3)8-12(11)17-13(15)14-16-6-7-18-14/h9-12,14H,4-8H2,1-3H3/t10-,11+,12-,14+/m1/s1. The Morgan fingerprint density at radius 1 is 1.39 bits per heavy atom. The Balaban J connectivity index is 1.93. The first-order valence-electron chi connectivity index (χ1n) is 7.01. The van der Waals surface area contributed by atoms with Crippen molar-refractivity contribution in [1.29, 1.82) is 0 Å². The number of esters is 1. The summed E-state index contributed by atoms with van der Waals surface area (Å²) >= 11 is 1.55. The zero-order valence-corrected chi connectivity index (χ0v) is 12.4. The third-order valence-corrected chi connectivity index (χ3v) is 5.08. The van der Waals surface area contributed by atoms with Crippen LogP contribution in [0.1, 0.15) is 40.0 Å². The molecule has 0 aromatic heterocycles. The van der Waals surface area contributed by atoms with Crippen molar-refractivity contribution < 1.29 is 14.3 Å². The van der Waals surface area contributed by atoms with Gasteiger partial charge in [0.25, 0.3) is 0 Å². The van der Waals surface area contributed by atoms with Crippen LogP contribution >= 0.6 is 11.8 Å². The molecule has 104 valence electrons. The van der Waals surface area contributed by atoms with Gasteiger partial charge in [0, 0.05) is 5.75 Å². The van der Waals surface area contributed by atoms with Crippen LogP contribution in [-0.4, -0.2) is 29.9 Å². The molecule has 18 heavy (non-hydrogen) atoms. The molecule has 3 nitrogen and oxygen atoms in total.